The molecule has 4 N–H and O–H groups in total. The maximum atomic E-state index is 10.8. The lowest BCUT2D eigenvalue weighted by molar-refractivity contribution is 0.489. The number of dihydropyridines is 1. The average Bonchev–Trinajstić information content (AvgIpc) is 3.02. The quantitative estimate of drug-likeness (QED) is 0.568. The van der Waals surface area contributed by atoms with Crippen LogP contribution < -0.4 is 15.4 Å². The van der Waals surface area contributed by atoms with Gasteiger partial charge in [-0.15, -0.1) is 11.8 Å². The molecule has 0 spiro atoms. The van der Waals surface area contributed by atoms with Crippen molar-refractivity contribution in [1.29, 1.82) is 0 Å². The van der Waals surface area contributed by atoms with Crippen LogP contribution >= 0.6 is 11.8 Å². The normalized spacial score (nSPS) is 22.6. The molecule has 2 heterocycles. The Morgan fingerprint density at radius 2 is 2.00 bits per heavy atom. The van der Waals surface area contributed by atoms with Gasteiger partial charge in [0.25, 0.3) is 0 Å². The van der Waals surface area contributed by atoms with Gasteiger partial charge in [0.15, 0.2) is 0 Å². The third-order valence-electron chi connectivity index (χ3n) is 3.94. The smallest absolute Gasteiger partial charge is 0.357 e. The van der Waals surface area contributed by atoms with Gasteiger partial charge in [-0.3, -0.25) is 9.27 Å². The highest BCUT2D eigenvalue weighted by atomic mass is 32.2. The van der Waals surface area contributed by atoms with Crippen molar-refractivity contribution < 1.29 is 13.0 Å². The van der Waals surface area contributed by atoms with Crippen molar-refractivity contribution in [2.45, 2.75) is 31.2 Å². The lowest BCUT2D eigenvalue weighted by Gasteiger charge is -2.19. The molecule has 6 nitrogen and oxygen atoms in total. The van der Waals surface area contributed by atoms with Gasteiger partial charge in [-0.1, -0.05) is 24.3 Å². The van der Waals surface area contributed by atoms with Gasteiger partial charge < -0.3 is 10.6 Å². The number of aryl methyl sites for hydroxylation is 1. The van der Waals surface area contributed by atoms with Crippen molar-refractivity contribution in [2.24, 2.45) is 0 Å². The summed E-state index contributed by atoms with van der Waals surface area (Å²) in [5.41, 5.74) is 3.88. The van der Waals surface area contributed by atoms with Gasteiger partial charge in [-0.05, 0) is 42.9 Å². The fourth-order valence-electron chi connectivity index (χ4n) is 2.60. The first-order valence-corrected chi connectivity index (χ1v) is 10.4. The minimum Gasteiger partial charge on any atom is -0.385 e. The molecule has 0 bridgehead atoms. The van der Waals surface area contributed by atoms with Gasteiger partial charge in [-0.2, -0.15) is 8.42 Å². The van der Waals surface area contributed by atoms with Crippen LogP contribution in [0.3, 0.4) is 0 Å². The highest BCUT2D eigenvalue weighted by Crippen LogP contribution is 2.29. The van der Waals surface area contributed by atoms with E-state index in [1.165, 1.54) is 11.3 Å². The Hall–Kier alpha value is -1.90. The van der Waals surface area contributed by atoms with Crippen LogP contribution in [0.25, 0.3) is 0 Å². The molecule has 0 aromatic heterocycles. The lowest BCUT2D eigenvalue weighted by Crippen LogP contribution is -2.28. The largest absolute Gasteiger partial charge is 0.385 e. The maximum absolute atomic E-state index is 10.8. The van der Waals surface area contributed by atoms with Crippen molar-refractivity contribution >= 4 is 27.8 Å². The second kappa shape index (κ2) is 7.55. The van der Waals surface area contributed by atoms with E-state index in [-0.39, 0.29) is 5.37 Å². The van der Waals surface area contributed by atoms with Crippen LogP contribution in [0.1, 0.15) is 18.9 Å². The highest BCUT2D eigenvalue weighted by molar-refractivity contribution is 8.03. The molecule has 2 aliphatic heterocycles. The molecule has 0 saturated heterocycles. The predicted octanol–water partition coefficient (Wildman–Crippen LogP) is 2.77. The Morgan fingerprint density at radius 1 is 1.24 bits per heavy atom. The summed E-state index contributed by atoms with van der Waals surface area (Å²) in [6.45, 7) is 2.11. The van der Waals surface area contributed by atoms with Gasteiger partial charge in [0.05, 0.1) is 5.69 Å². The molecule has 2 atom stereocenters. The molecule has 1 aromatic carbocycles. The van der Waals surface area contributed by atoms with E-state index in [2.05, 4.69) is 41.3 Å². The van der Waals surface area contributed by atoms with E-state index < -0.39 is 10.3 Å². The number of hydrogen-bond donors (Lipinski definition) is 4. The van der Waals surface area contributed by atoms with Crippen molar-refractivity contribution in [3.05, 3.63) is 64.9 Å². The summed E-state index contributed by atoms with van der Waals surface area (Å²) in [4.78, 5) is 0. The van der Waals surface area contributed by atoms with E-state index in [0.29, 0.717) is 11.7 Å². The standard InChI is InChI=1S/C17H21N3O3S2/c1-12-2-6-14(10-18-12)17-19-16(11-24-17)9-5-13-3-7-15(8-4-13)20-25(21,22)23/h2-4,6-8,10-12,17-20H,5,9H2,1H3,(H,21,22,23)/t12-,17?/m1/s1. The fraction of sp³-hybridized carbons (Fsp3) is 0.294. The topological polar surface area (TPSA) is 90.5 Å². The lowest BCUT2D eigenvalue weighted by atomic mass is 10.1. The first-order chi connectivity index (χ1) is 11.9. The van der Waals surface area contributed by atoms with E-state index in [0.717, 1.165) is 18.4 Å². The number of allylic oxidation sites excluding steroid dienone is 1. The minimum absolute atomic E-state index is 0.243. The SMILES string of the molecule is C[C@@H]1C=CC(C2NC(CCc3ccc(NS(=O)(=O)O)cc3)=CS2)=CN1. The first kappa shape index (κ1) is 17.9. The molecule has 134 valence electrons. The van der Waals surface area contributed by atoms with Crippen molar-refractivity contribution in [2.75, 3.05) is 4.72 Å². The van der Waals surface area contributed by atoms with Crippen LogP contribution in [-0.4, -0.2) is 24.4 Å². The van der Waals surface area contributed by atoms with Crippen LogP contribution in [0.2, 0.25) is 0 Å². The summed E-state index contributed by atoms with van der Waals surface area (Å²) >= 11 is 1.77. The van der Waals surface area contributed by atoms with E-state index in [4.69, 9.17) is 4.55 Å². The average molecular weight is 380 g/mol. The summed E-state index contributed by atoms with van der Waals surface area (Å²) in [6.07, 6.45) is 8.10. The Morgan fingerprint density at radius 3 is 2.64 bits per heavy atom. The van der Waals surface area contributed by atoms with Crippen LogP contribution in [0.5, 0.6) is 0 Å². The molecule has 0 amide bonds. The molecule has 0 radical (unpaired) electrons. The molecule has 3 rings (SSSR count). The summed E-state index contributed by atoms with van der Waals surface area (Å²) in [6, 6.07) is 7.36. The third kappa shape index (κ3) is 5.29. The molecule has 0 aliphatic carbocycles. The zero-order valence-electron chi connectivity index (χ0n) is 13.8. The zero-order chi connectivity index (χ0) is 17.9. The Kier molecular flexibility index (Phi) is 5.41. The second-order valence-electron chi connectivity index (χ2n) is 6.04. The summed E-state index contributed by atoms with van der Waals surface area (Å²) in [5.74, 6) is 0. The number of rotatable bonds is 6. The zero-order valence-corrected chi connectivity index (χ0v) is 15.4. The van der Waals surface area contributed by atoms with Crippen molar-refractivity contribution in [3.8, 4) is 0 Å². The summed E-state index contributed by atoms with van der Waals surface area (Å²) in [5, 5.41) is 9.24. The van der Waals surface area contributed by atoms with E-state index in [1.807, 2.05) is 16.9 Å². The molecule has 8 heteroatoms. The van der Waals surface area contributed by atoms with Crippen LogP contribution in [0, 0.1) is 0 Å². The molecule has 2 aliphatic rings. The van der Waals surface area contributed by atoms with Gasteiger partial charge in [0.2, 0.25) is 0 Å². The highest BCUT2D eigenvalue weighted by Gasteiger charge is 2.20. The number of nitrogens with one attached hydrogen (secondary N) is 3. The van der Waals surface area contributed by atoms with Gasteiger partial charge in [0.1, 0.15) is 5.37 Å². The first-order valence-electron chi connectivity index (χ1n) is 7.98. The molecule has 0 fully saturated rings. The maximum Gasteiger partial charge on any atom is 0.357 e. The minimum atomic E-state index is -4.22. The molecule has 25 heavy (non-hydrogen) atoms. The third-order valence-corrected chi connectivity index (χ3v) is 5.52. The molecule has 1 unspecified atom stereocenters. The summed E-state index contributed by atoms with van der Waals surface area (Å²) < 4.78 is 32.4. The Labute approximate surface area is 152 Å². The monoisotopic (exact) mass is 379 g/mol. The van der Waals surface area contributed by atoms with Crippen LogP contribution in [0.4, 0.5) is 5.69 Å². The molecular weight excluding hydrogens is 358 g/mol. The van der Waals surface area contributed by atoms with Gasteiger partial charge in [0, 0.05) is 23.5 Å². The predicted molar refractivity (Wildman–Crippen MR) is 102 cm³/mol. The number of anilines is 1. The Bertz CT molecular complexity index is 814. The molecule has 0 saturated carbocycles. The summed E-state index contributed by atoms with van der Waals surface area (Å²) in [7, 11) is -4.22. The van der Waals surface area contributed by atoms with Crippen molar-refractivity contribution in [3.63, 3.8) is 0 Å². The van der Waals surface area contributed by atoms with E-state index >= 15 is 0 Å². The van der Waals surface area contributed by atoms with Crippen LogP contribution in [0.15, 0.2) is 59.3 Å². The number of hydrogen-bond acceptors (Lipinski definition) is 5. The van der Waals surface area contributed by atoms with Crippen molar-refractivity contribution in [1.82, 2.24) is 10.6 Å². The van der Waals surface area contributed by atoms with Crippen LogP contribution in [-0.2, 0) is 16.7 Å². The number of benzene rings is 1. The van der Waals surface area contributed by atoms with E-state index in [9.17, 15) is 8.42 Å². The fourth-order valence-corrected chi connectivity index (χ4v) is 4.04. The molecule has 1 aromatic rings. The van der Waals surface area contributed by atoms with Gasteiger partial charge >= 0.3 is 10.3 Å². The second-order valence-corrected chi connectivity index (χ2v) is 8.17. The van der Waals surface area contributed by atoms with E-state index in [1.54, 1.807) is 23.9 Å². The number of thioether (sulfide) groups is 1. The molecular formula is C17H21N3O3S2. The van der Waals surface area contributed by atoms with Gasteiger partial charge in [-0.25, -0.2) is 0 Å². The Balaban J connectivity index is 1.49.